The summed E-state index contributed by atoms with van der Waals surface area (Å²) >= 11 is 0. The number of hydrogen-bond acceptors (Lipinski definition) is 3. The van der Waals surface area contributed by atoms with Crippen molar-refractivity contribution in [3.05, 3.63) is 60.2 Å². The molecule has 1 aliphatic rings. The van der Waals surface area contributed by atoms with Gasteiger partial charge in [-0.25, -0.2) is 8.42 Å². The van der Waals surface area contributed by atoms with Gasteiger partial charge in [0.1, 0.15) is 0 Å². The van der Waals surface area contributed by atoms with E-state index in [1.54, 1.807) is 36.4 Å². The average Bonchev–Trinajstić information content (AvgIpc) is 3.34. The van der Waals surface area contributed by atoms with E-state index in [9.17, 15) is 8.42 Å². The lowest BCUT2D eigenvalue weighted by Crippen LogP contribution is -2.14. The van der Waals surface area contributed by atoms with E-state index in [0.29, 0.717) is 9.79 Å². The van der Waals surface area contributed by atoms with Gasteiger partial charge in [-0.05, 0) is 36.2 Å². The zero-order valence-corrected chi connectivity index (χ0v) is 14.2. The lowest BCUT2D eigenvalue weighted by atomic mass is 9.95. The number of hydrogen-bond donors (Lipinski definition) is 0. The SMILES string of the molecule is CCCCC1(Cc2ccc(S(=O)(=O)c3ccccc3)cc2)CO1. The Bertz CT molecular complexity index is 745. The van der Waals surface area contributed by atoms with Crippen LogP contribution in [-0.2, 0) is 21.0 Å². The zero-order chi connectivity index (χ0) is 16.3. The summed E-state index contributed by atoms with van der Waals surface area (Å²) in [7, 11) is -3.43. The van der Waals surface area contributed by atoms with Gasteiger partial charge in [-0.1, -0.05) is 50.1 Å². The molecular weight excluding hydrogens is 308 g/mol. The zero-order valence-electron chi connectivity index (χ0n) is 13.4. The molecule has 0 aromatic heterocycles. The van der Waals surface area contributed by atoms with Crippen molar-refractivity contribution in [2.75, 3.05) is 6.61 Å². The molecule has 1 saturated heterocycles. The third kappa shape index (κ3) is 3.65. The molecule has 0 spiro atoms. The first-order valence-corrected chi connectivity index (χ1v) is 9.57. The van der Waals surface area contributed by atoms with E-state index in [-0.39, 0.29) is 5.60 Å². The fourth-order valence-corrected chi connectivity index (χ4v) is 4.11. The largest absolute Gasteiger partial charge is 0.369 e. The monoisotopic (exact) mass is 330 g/mol. The molecule has 1 fully saturated rings. The summed E-state index contributed by atoms with van der Waals surface area (Å²) in [6.45, 7) is 3.00. The minimum absolute atomic E-state index is 0.00414. The summed E-state index contributed by atoms with van der Waals surface area (Å²) in [6.07, 6.45) is 4.27. The number of rotatable bonds is 7. The average molecular weight is 330 g/mol. The van der Waals surface area contributed by atoms with Crippen LogP contribution in [0.3, 0.4) is 0 Å². The molecule has 0 aliphatic carbocycles. The Labute approximate surface area is 138 Å². The van der Waals surface area contributed by atoms with Gasteiger partial charge in [0.25, 0.3) is 0 Å². The minimum Gasteiger partial charge on any atom is -0.369 e. The Kier molecular flexibility index (Phi) is 4.55. The van der Waals surface area contributed by atoms with Gasteiger partial charge in [-0.15, -0.1) is 0 Å². The number of ether oxygens (including phenoxy) is 1. The van der Waals surface area contributed by atoms with Crippen LogP contribution in [0.5, 0.6) is 0 Å². The molecular formula is C19H22O3S. The van der Waals surface area contributed by atoms with Crippen molar-refractivity contribution in [1.29, 1.82) is 0 Å². The fraction of sp³-hybridized carbons (Fsp3) is 0.368. The van der Waals surface area contributed by atoms with Crippen molar-refractivity contribution in [3.63, 3.8) is 0 Å². The molecule has 122 valence electrons. The topological polar surface area (TPSA) is 46.7 Å². The molecule has 4 heteroatoms. The van der Waals surface area contributed by atoms with Gasteiger partial charge in [0, 0.05) is 6.42 Å². The van der Waals surface area contributed by atoms with Gasteiger partial charge in [0.15, 0.2) is 0 Å². The van der Waals surface area contributed by atoms with Gasteiger partial charge in [-0.3, -0.25) is 0 Å². The van der Waals surface area contributed by atoms with E-state index in [4.69, 9.17) is 4.74 Å². The number of benzene rings is 2. The molecule has 0 saturated carbocycles. The Morgan fingerprint density at radius 3 is 2.17 bits per heavy atom. The highest BCUT2D eigenvalue weighted by molar-refractivity contribution is 7.91. The van der Waals surface area contributed by atoms with E-state index in [1.807, 2.05) is 18.2 Å². The third-order valence-corrected chi connectivity index (χ3v) is 6.14. The fourth-order valence-electron chi connectivity index (χ4n) is 2.83. The van der Waals surface area contributed by atoms with Crippen LogP contribution in [0.25, 0.3) is 0 Å². The van der Waals surface area contributed by atoms with Crippen LogP contribution in [0, 0.1) is 0 Å². The first-order chi connectivity index (χ1) is 11.1. The van der Waals surface area contributed by atoms with E-state index >= 15 is 0 Å². The molecule has 2 aromatic rings. The highest BCUT2D eigenvalue weighted by Crippen LogP contribution is 2.36. The summed E-state index contributed by atoms with van der Waals surface area (Å²) < 4.78 is 30.8. The molecule has 1 unspecified atom stereocenters. The molecule has 0 amide bonds. The van der Waals surface area contributed by atoms with Crippen LogP contribution in [-0.4, -0.2) is 20.6 Å². The van der Waals surface area contributed by atoms with Crippen molar-refractivity contribution in [2.45, 2.75) is 48.0 Å². The van der Waals surface area contributed by atoms with Crippen molar-refractivity contribution >= 4 is 9.84 Å². The van der Waals surface area contributed by atoms with Gasteiger partial charge in [0.05, 0.1) is 22.0 Å². The first kappa shape index (κ1) is 16.2. The maximum atomic E-state index is 12.6. The molecule has 1 heterocycles. The molecule has 0 N–H and O–H groups in total. The third-order valence-electron chi connectivity index (χ3n) is 4.35. The second-order valence-electron chi connectivity index (χ2n) is 6.21. The predicted molar refractivity (Wildman–Crippen MR) is 90.2 cm³/mol. The first-order valence-electron chi connectivity index (χ1n) is 8.09. The van der Waals surface area contributed by atoms with Gasteiger partial charge >= 0.3 is 0 Å². The van der Waals surface area contributed by atoms with Gasteiger partial charge in [-0.2, -0.15) is 0 Å². The minimum atomic E-state index is -3.43. The lowest BCUT2D eigenvalue weighted by molar-refractivity contribution is 0.281. The number of epoxide rings is 1. The van der Waals surface area contributed by atoms with Crippen molar-refractivity contribution in [3.8, 4) is 0 Å². The maximum Gasteiger partial charge on any atom is 0.206 e. The molecule has 3 rings (SSSR count). The molecule has 3 nitrogen and oxygen atoms in total. The van der Waals surface area contributed by atoms with Gasteiger partial charge < -0.3 is 4.74 Å². The molecule has 1 atom stereocenters. The predicted octanol–water partition coefficient (Wildman–Crippen LogP) is 4.02. The second kappa shape index (κ2) is 6.46. The summed E-state index contributed by atoms with van der Waals surface area (Å²) in [6, 6.07) is 15.8. The molecule has 2 aromatic carbocycles. The highest BCUT2D eigenvalue weighted by atomic mass is 32.2. The smallest absolute Gasteiger partial charge is 0.206 e. The highest BCUT2D eigenvalue weighted by Gasteiger charge is 2.43. The Balaban J connectivity index is 1.75. The molecule has 23 heavy (non-hydrogen) atoms. The summed E-state index contributed by atoms with van der Waals surface area (Å²) in [5.74, 6) is 0. The standard InChI is InChI=1S/C19H22O3S/c1-2-3-13-19(15-22-19)14-16-9-11-18(12-10-16)23(20,21)17-7-5-4-6-8-17/h4-12H,2-3,13-15H2,1H3. The lowest BCUT2D eigenvalue weighted by Gasteiger charge is -2.12. The van der Waals surface area contributed by atoms with Crippen LogP contribution in [0.2, 0.25) is 0 Å². The van der Waals surface area contributed by atoms with Crippen LogP contribution in [0.1, 0.15) is 31.7 Å². The maximum absolute atomic E-state index is 12.6. The normalized spacial score (nSPS) is 20.4. The van der Waals surface area contributed by atoms with E-state index in [2.05, 4.69) is 6.92 Å². The molecule has 1 aliphatic heterocycles. The summed E-state index contributed by atoms with van der Waals surface area (Å²) in [4.78, 5) is 0.671. The van der Waals surface area contributed by atoms with Crippen LogP contribution >= 0.6 is 0 Å². The van der Waals surface area contributed by atoms with Crippen LogP contribution < -0.4 is 0 Å². The molecule has 0 radical (unpaired) electrons. The summed E-state index contributed by atoms with van der Waals surface area (Å²) in [5.41, 5.74) is 1.13. The number of unbranched alkanes of at least 4 members (excludes halogenated alkanes) is 1. The molecule has 0 bridgehead atoms. The second-order valence-corrected chi connectivity index (χ2v) is 8.16. The Morgan fingerprint density at radius 1 is 1.00 bits per heavy atom. The summed E-state index contributed by atoms with van der Waals surface area (Å²) in [5, 5.41) is 0. The van der Waals surface area contributed by atoms with E-state index < -0.39 is 9.84 Å². The number of sulfone groups is 1. The van der Waals surface area contributed by atoms with Crippen molar-refractivity contribution in [1.82, 2.24) is 0 Å². The Hall–Kier alpha value is -1.65. The Morgan fingerprint density at radius 2 is 1.61 bits per heavy atom. The van der Waals surface area contributed by atoms with Crippen molar-refractivity contribution in [2.24, 2.45) is 0 Å². The quantitative estimate of drug-likeness (QED) is 0.720. The van der Waals surface area contributed by atoms with Gasteiger partial charge in [0.2, 0.25) is 9.84 Å². The van der Waals surface area contributed by atoms with Crippen LogP contribution in [0.4, 0.5) is 0 Å². The van der Waals surface area contributed by atoms with E-state index in [0.717, 1.165) is 25.0 Å². The van der Waals surface area contributed by atoms with E-state index in [1.165, 1.54) is 12.8 Å². The van der Waals surface area contributed by atoms with Crippen LogP contribution in [0.15, 0.2) is 64.4 Å². The van der Waals surface area contributed by atoms with Crippen molar-refractivity contribution < 1.29 is 13.2 Å².